The van der Waals surface area contributed by atoms with Gasteiger partial charge in [0.1, 0.15) is 16.6 Å². The van der Waals surface area contributed by atoms with Gasteiger partial charge in [0, 0.05) is 18.9 Å². The van der Waals surface area contributed by atoms with Gasteiger partial charge < -0.3 is 10.0 Å². The monoisotopic (exact) mass is 322 g/mol. The second kappa shape index (κ2) is 5.48. The zero-order valence-corrected chi connectivity index (χ0v) is 13.0. The highest BCUT2D eigenvalue weighted by Crippen LogP contribution is 2.33. The van der Waals surface area contributed by atoms with Gasteiger partial charge in [0.25, 0.3) is 0 Å². The molecule has 0 amide bonds. The first-order valence-electron chi connectivity index (χ1n) is 7.23. The van der Waals surface area contributed by atoms with Gasteiger partial charge in [-0.25, -0.2) is 4.98 Å². The average Bonchev–Trinajstić information content (AvgIpc) is 3.09. The Bertz CT molecular complexity index is 884. The predicted octanol–water partition coefficient (Wildman–Crippen LogP) is 3.45. The van der Waals surface area contributed by atoms with E-state index >= 15 is 0 Å². The topological polar surface area (TPSA) is 73.1 Å². The van der Waals surface area contributed by atoms with Crippen molar-refractivity contribution in [2.75, 3.05) is 6.54 Å². The number of amidine groups is 1. The molecule has 1 aromatic carbocycles. The molecule has 3 aromatic rings. The molecule has 2 N–H and O–H groups in total. The summed E-state index contributed by atoms with van der Waals surface area (Å²) in [6.07, 6.45) is 3.50. The fourth-order valence-corrected chi connectivity index (χ4v) is 3.72. The second-order valence-corrected chi connectivity index (χ2v) is 6.41. The number of rotatable bonds is 3. The van der Waals surface area contributed by atoms with Gasteiger partial charge in [-0.2, -0.15) is 0 Å². The molecule has 3 heterocycles. The van der Waals surface area contributed by atoms with Gasteiger partial charge >= 0.3 is 0 Å². The summed E-state index contributed by atoms with van der Waals surface area (Å²) in [5.41, 5.74) is 2.44. The lowest BCUT2D eigenvalue weighted by Gasteiger charge is -2.18. The van der Waals surface area contributed by atoms with Gasteiger partial charge in [-0.15, -0.1) is 11.3 Å². The van der Waals surface area contributed by atoms with Crippen molar-refractivity contribution in [1.82, 2.24) is 14.9 Å². The van der Waals surface area contributed by atoms with Crippen LogP contribution in [0.2, 0.25) is 0 Å². The molecule has 2 aromatic heterocycles. The number of aliphatic hydroxyl groups excluding tert-OH is 1. The molecular formula is C17H14N4OS. The van der Waals surface area contributed by atoms with E-state index in [0.29, 0.717) is 29.5 Å². The lowest BCUT2D eigenvalue weighted by molar-refractivity contribution is 0.347. The number of benzene rings is 1. The van der Waals surface area contributed by atoms with Crippen LogP contribution in [0, 0.1) is 5.41 Å². The van der Waals surface area contributed by atoms with E-state index in [4.69, 9.17) is 5.41 Å². The van der Waals surface area contributed by atoms with Crippen molar-refractivity contribution in [3.05, 3.63) is 65.1 Å². The highest BCUT2D eigenvalue weighted by molar-refractivity contribution is 7.19. The van der Waals surface area contributed by atoms with Crippen molar-refractivity contribution >= 4 is 33.0 Å². The molecule has 0 unspecified atom stereocenters. The van der Waals surface area contributed by atoms with Gasteiger partial charge in [0.2, 0.25) is 0 Å². The van der Waals surface area contributed by atoms with Crippen molar-refractivity contribution in [2.24, 2.45) is 0 Å². The normalized spacial score (nSPS) is 15.0. The third-order valence-corrected chi connectivity index (χ3v) is 4.84. The highest BCUT2D eigenvalue weighted by atomic mass is 32.1. The quantitative estimate of drug-likeness (QED) is 0.774. The molecule has 0 radical (unpaired) electrons. The van der Waals surface area contributed by atoms with E-state index in [9.17, 15) is 5.11 Å². The Morgan fingerprint density at radius 1 is 1.22 bits per heavy atom. The van der Waals surface area contributed by atoms with Gasteiger partial charge in [-0.3, -0.25) is 10.4 Å². The molecule has 0 spiro atoms. The predicted molar refractivity (Wildman–Crippen MR) is 91.5 cm³/mol. The number of aromatic nitrogens is 2. The van der Waals surface area contributed by atoms with Crippen LogP contribution in [0.4, 0.5) is 0 Å². The number of thiazole rings is 1. The minimum absolute atomic E-state index is 0.206. The number of fused-ring (bicyclic) bond motifs is 1. The van der Waals surface area contributed by atoms with Crippen LogP contribution in [0.3, 0.4) is 0 Å². The Labute approximate surface area is 137 Å². The summed E-state index contributed by atoms with van der Waals surface area (Å²) >= 11 is 1.50. The summed E-state index contributed by atoms with van der Waals surface area (Å²) < 4.78 is 1.06. The van der Waals surface area contributed by atoms with Crippen LogP contribution >= 0.6 is 11.3 Å². The van der Waals surface area contributed by atoms with E-state index in [1.54, 1.807) is 12.4 Å². The third kappa shape index (κ3) is 2.47. The third-order valence-electron chi connectivity index (χ3n) is 3.79. The molecular weight excluding hydrogens is 308 g/mol. The Morgan fingerprint density at radius 3 is 2.87 bits per heavy atom. The summed E-state index contributed by atoms with van der Waals surface area (Å²) in [4.78, 5) is 10.5. The summed E-state index contributed by atoms with van der Waals surface area (Å²) in [6, 6.07) is 11.7. The highest BCUT2D eigenvalue weighted by Gasteiger charge is 2.30. The van der Waals surface area contributed by atoms with E-state index in [0.717, 1.165) is 15.8 Å². The molecule has 1 aliphatic heterocycles. The van der Waals surface area contributed by atoms with Gasteiger partial charge in [-0.1, -0.05) is 18.2 Å². The fraction of sp³-hybridized carbons (Fsp3) is 0.118. The van der Waals surface area contributed by atoms with Crippen LogP contribution in [0.25, 0.3) is 15.8 Å². The number of aliphatic hydroxyl groups is 1. The summed E-state index contributed by atoms with van der Waals surface area (Å²) in [7, 11) is 0. The summed E-state index contributed by atoms with van der Waals surface area (Å²) in [5, 5.41) is 19.4. The maximum absolute atomic E-state index is 10.3. The smallest absolute Gasteiger partial charge is 0.135 e. The van der Waals surface area contributed by atoms with Gasteiger partial charge in [0.15, 0.2) is 0 Å². The lowest BCUT2D eigenvalue weighted by Crippen LogP contribution is -2.26. The van der Waals surface area contributed by atoms with Crippen LogP contribution in [0.15, 0.2) is 54.6 Å². The molecule has 4 rings (SSSR count). The number of nitrogens with one attached hydrogen (secondary N) is 1. The zero-order valence-electron chi connectivity index (χ0n) is 12.2. The minimum atomic E-state index is 0.206. The average molecular weight is 322 g/mol. The van der Waals surface area contributed by atoms with Crippen LogP contribution in [0.1, 0.15) is 10.6 Å². The molecule has 5 nitrogen and oxygen atoms in total. The Balaban J connectivity index is 1.64. The molecule has 23 heavy (non-hydrogen) atoms. The molecule has 0 fully saturated rings. The van der Waals surface area contributed by atoms with Crippen LogP contribution in [-0.2, 0) is 6.54 Å². The number of nitrogens with zero attached hydrogens (tertiary/aromatic N) is 3. The molecule has 114 valence electrons. The maximum Gasteiger partial charge on any atom is 0.135 e. The molecule has 0 bridgehead atoms. The lowest BCUT2D eigenvalue weighted by atomic mass is 10.2. The van der Waals surface area contributed by atoms with Gasteiger partial charge in [-0.05, 0) is 23.8 Å². The standard InChI is InChI=1S/C17H14N4OS/c18-16-15(17-20-12-5-1-2-6-14(12)23-17)13(22)10-21(16)9-11-4-3-7-19-8-11/h1-8,18,22H,9-10H2. The number of pyridine rings is 1. The summed E-state index contributed by atoms with van der Waals surface area (Å²) in [5.74, 6) is 0.517. The largest absolute Gasteiger partial charge is 0.510 e. The zero-order chi connectivity index (χ0) is 15.8. The fourth-order valence-electron chi connectivity index (χ4n) is 2.68. The number of hydrogen-bond acceptors (Lipinski definition) is 5. The molecule has 1 aliphatic rings. The van der Waals surface area contributed by atoms with Crippen LogP contribution < -0.4 is 0 Å². The van der Waals surface area contributed by atoms with Crippen molar-refractivity contribution < 1.29 is 5.11 Å². The Morgan fingerprint density at radius 2 is 2.09 bits per heavy atom. The van der Waals surface area contributed by atoms with Crippen LogP contribution in [-0.4, -0.2) is 32.4 Å². The number of para-hydroxylation sites is 1. The molecule has 0 saturated carbocycles. The summed E-state index contributed by atoms with van der Waals surface area (Å²) in [6.45, 7) is 0.879. The molecule has 0 saturated heterocycles. The van der Waals surface area contributed by atoms with Crippen molar-refractivity contribution in [2.45, 2.75) is 6.54 Å². The second-order valence-electron chi connectivity index (χ2n) is 5.37. The first-order valence-corrected chi connectivity index (χ1v) is 8.05. The van der Waals surface area contributed by atoms with Crippen molar-refractivity contribution in [3.8, 4) is 0 Å². The van der Waals surface area contributed by atoms with Crippen molar-refractivity contribution in [1.29, 1.82) is 5.41 Å². The van der Waals surface area contributed by atoms with E-state index < -0.39 is 0 Å². The first kappa shape index (κ1) is 13.9. The van der Waals surface area contributed by atoms with E-state index in [1.807, 2.05) is 41.3 Å². The Hall–Kier alpha value is -2.73. The number of hydrogen-bond donors (Lipinski definition) is 2. The van der Waals surface area contributed by atoms with Crippen LogP contribution in [0.5, 0.6) is 0 Å². The molecule has 0 aliphatic carbocycles. The SMILES string of the molecule is N=C1C(c2nc3ccccc3s2)=C(O)CN1Cc1cccnc1. The van der Waals surface area contributed by atoms with Gasteiger partial charge in [0.05, 0.1) is 22.3 Å². The molecule has 6 heteroatoms. The first-order chi connectivity index (χ1) is 11.2. The van der Waals surface area contributed by atoms with E-state index in [1.165, 1.54) is 11.3 Å². The Kier molecular flexibility index (Phi) is 3.31. The maximum atomic E-state index is 10.3. The van der Waals surface area contributed by atoms with E-state index in [-0.39, 0.29) is 5.76 Å². The molecule has 0 atom stereocenters. The van der Waals surface area contributed by atoms with E-state index in [2.05, 4.69) is 9.97 Å². The minimum Gasteiger partial charge on any atom is -0.510 e. The van der Waals surface area contributed by atoms with Crippen molar-refractivity contribution in [3.63, 3.8) is 0 Å².